The highest BCUT2D eigenvalue weighted by atomic mass is 32.2. The molecule has 4 aromatic carbocycles. The van der Waals surface area contributed by atoms with Crippen molar-refractivity contribution in [3.63, 3.8) is 0 Å². The van der Waals surface area contributed by atoms with Gasteiger partial charge in [-0.25, -0.2) is 17.2 Å². The van der Waals surface area contributed by atoms with Crippen molar-refractivity contribution >= 4 is 21.4 Å². The Morgan fingerprint density at radius 3 is 2.21 bits per heavy atom. The lowest BCUT2D eigenvalue weighted by atomic mass is 9.83. The van der Waals surface area contributed by atoms with Gasteiger partial charge in [0.05, 0.1) is 5.69 Å². The van der Waals surface area contributed by atoms with E-state index in [1.807, 2.05) is 37.3 Å². The summed E-state index contributed by atoms with van der Waals surface area (Å²) in [6, 6.07) is 23.0. The van der Waals surface area contributed by atoms with Crippen LogP contribution in [0.3, 0.4) is 0 Å². The van der Waals surface area contributed by atoms with Gasteiger partial charge in [0.2, 0.25) is 10.0 Å². The highest BCUT2D eigenvalue weighted by molar-refractivity contribution is 7.89. The smallest absolute Gasteiger partial charge is 0.245 e. The average molecular weight is 589 g/mol. The SMILES string of the molecule is Cc1ccc(F)cc1Oc1cc2c(cc1-c1ccc(F)cc1)S(=O)(=O)N(C)[C@H](C1CCCCC1)CN2c1ccccc1. The fourth-order valence-corrected chi connectivity index (χ4v) is 7.87. The molecule has 0 bridgehead atoms. The van der Waals surface area contributed by atoms with E-state index < -0.39 is 21.7 Å². The lowest BCUT2D eigenvalue weighted by molar-refractivity contribution is 0.218. The number of rotatable bonds is 5. The number of halogens is 2. The predicted octanol–water partition coefficient (Wildman–Crippen LogP) is 8.45. The second kappa shape index (κ2) is 11.5. The van der Waals surface area contributed by atoms with Crippen molar-refractivity contribution < 1.29 is 21.9 Å². The molecule has 218 valence electrons. The number of aryl methyl sites for hydroxylation is 1. The summed E-state index contributed by atoms with van der Waals surface area (Å²) in [6.07, 6.45) is 5.32. The molecule has 1 fully saturated rings. The molecule has 1 atom stereocenters. The second-order valence-corrected chi connectivity index (χ2v) is 13.2. The first-order valence-electron chi connectivity index (χ1n) is 14.4. The zero-order valence-corrected chi connectivity index (χ0v) is 24.6. The first-order valence-corrected chi connectivity index (χ1v) is 15.8. The van der Waals surface area contributed by atoms with Crippen LogP contribution < -0.4 is 9.64 Å². The van der Waals surface area contributed by atoms with Gasteiger partial charge >= 0.3 is 0 Å². The van der Waals surface area contributed by atoms with Crippen LogP contribution in [0.25, 0.3) is 11.1 Å². The Hall–Kier alpha value is -3.75. The van der Waals surface area contributed by atoms with Gasteiger partial charge in [-0.15, -0.1) is 0 Å². The number of ether oxygens (including phenoxy) is 1. The van der Waals surface area contributed by atoms with Crippen LogP contribution in [0.2, 0.25) is 0 Å². The molecule has 42 heavy (non-hydrogen) atoms. The highest BCUT2D eigenvalue weighted by Crippen LogP contribution is 2.46. The maximum atomic E-state index is 14.4. The number of likely N-dealkylation sites (N-methyl/N-ethyl adjacent to an activating group) is 1. The third kappa shape index (κ3) is 5.41. The summed E-state index contributed by atoms with van der Waals surface area (Å²) in [6.45, 7) is 2.30. The van der Waals surface area contributed by atoms with Crippen molar-refractivity contribution in [3.05, 3.63) is 102 Å². The van der Waals surface area contributed by atoms with E-state index in [0.717, 1.165) is 36.9 Å². The Labute approximate surface area is 246 Å². The monoisotopic (exact) mass is 588 g/mol. The molecule has 6 rings (SSSR count). The van der Waals surface area contributed by atoms with Crippen molar-refractivity contribution in [2.75, 3.05) is 18.5 Å². The Bertz CT molecular complexity index is 1690. The lowest BCUT2D eigenvalue weighted by Gasteiger charge is -2.36. The summed E-state index contributed by atoms with van der Waals surface area (Å²) in [5.74, 6) is 0.0532. The molecule has 0 amide bonds. The number of benzene rings is 4. The minimum atomic E-state index is -3.94. The highest BCUT2D eigenvalue weighted by Gasteiger charge is 2.41. The normalized spacial score (nSPS) is 19.2. The first kappa shape index (κ1) is 28.4. The number of para-hydroxylation sites is 1. The van der Waals surface area contributed by atoms with Crippen LogP contribution in [-0.4, -0.2) is 32.4 Å². The van der Waals surface area contributed by atoms with Gasteiger partial charge in [-0.2, -0.15) is 4.31 Å². The zero-order valence-electron chi connectivity index (χ0n) is 23.8. The van der Waals surface area contributed by atoms with Gasteiger partial charge in [-0.1, -0.05) is 55.7 Å². The van der Waals surface area contributed by atoms with Crippen molar-refractivity contribution in [1.29, 1.82) is 0 Å². The standard InChI is InChI=1S/C34H34F2N2O3S/c1-23-13-16-27(36)19-32(23)41-33-21-30-34(20-29(33)24-14-17-26(35)18-15-24)42(39,40)37(2)31(25-9-5-3-6-10-25)22-38(30)28-11-7-4-8-12-28/h4,7-8,11-21,25,31H,3,5-6,9-10,22H2,1-2H3/t31-/m0/s1. The number of sulfonamides is 1. The largest absolute Gasteiger partial charge is 0.456 e. The minimum Gasteiger partial charge on any atom is -0.456 e. The maximum absolute atomic E-state index is 14.4. The van der Waals surface area contributed by atoms with E-state index in [1.54, 1.807) is 41.7 Å². The molecule has 0 unspecified atom stereocenters. The molecule has 0 aromatic heterocycles. The molecule has 1 heterocycles. The van der Waals surface area contributed by atoms with Gasteiger partial charge in [0.1, 0.15) is 28.0 Å². The van der Waals surface area contributed by atoms with Gasteiger partial charge in [0.15, 0.2) is 0 Å². The third-order valence-electron chi connectivity index (χ3n) is 8.63. The Morgan fingerprint density at radius 2 is 1.50 bits per heavy atom. The molecule has 1 aliphatic carbocycles. The first-order chi connectivity index (χ1) is 20.2. The Kier molecular flexibility index (Phi) is 7.77. The number of hydrogen-bond donors (Lipinski definition) is 0. The van der Waals surface area contributed by atoms with Gasteiger partial charge < -0.3 is 9.64 Å². The van der Waals surface area contributed by atoms with Gasteiger partial charge in [0, 0.05) is 43.0 Å². The van der Waals surface area contributed by atoms with E-state index in [9.17, 15) is 17.2 Å². The van der Waals surface area contributed by atoms with Crippen molar-refractivity contribution in [2.45, 2.75) is 50.0 Å². The molecule has 1 saturated carbocycles. The third-order valence-corrected chi connectivity index (χ3v) is 10.5. The van der Waals surface area contributed by atoms with Crippen LogP contribution >= 0.6 is 0 Å². The average Bonchev–Trinajstić information content (AvgIpc) is 3.08. The predicted molar refractivity (Wildman–Crippen MR) is 162 cm³/mol. The molecular weight excluding hydrogens is 554 g/mol. The second-order valence-electron chi connectivity index (χ2n) is 11.3. The molecule has 0 saturated heterocycles. The number of hydrogen-bond acceptors (Lipinski definition) is 4. The fourth-order valence-electron chi connectivity index (χ4n) is 6.26. The number of anilines is 2. The van der Waals surface area contributed by atoms with Crippen LogP contribution in [0.1, 0.15) is 37.7 Å². The summed E-state index contributed by atoms with van der Waals surface area (Å²) >= 11 is 0. The van der Waals surface area contributed by atoms with E-state index in [-0.39, 0.29) is 16.9 Å². The summed E-state index contributed by atoms with van der Waals surface area (Å²) in [5.41, 5.74) is 3.13. The summed E-state index contributed by atoms with van der Waals surface area (Å²) in [5, 5.41) is 0. The zero-order chi connectivity index (χ0) is 29.4. The van der Waals surface area contributed by atoms with E-state index in [2.05, 4.69) is 4.90 Å². The molecule has 5 nitrogen and oxygen atoms in total. The molecular formula is C34H34F2N2O3S. The molecule has 0 radical (unpaired) electrons. The van der Waals surface area contributed by atoms with Gasteiger partial charge in [-0.05, 0) is 73.2 Å². The van der Waals surface area contributed by atoms with E-state index in [4.69, 9.17) is 4.74 Å². The fraction of sp³-hybridized carbons (Fsp3) is 0.294. The van der Waals surface area contributed by atoms with Crippen molar-refractivity contribution in [1.82, 2.24) is 4.31 Å². The van der Waals surface area contributed by atoms with Crippen LogP contribution in [0, 0.1) is 24.5 Å². The topological polar surface area (TPSA) is 49.9 Å². The van der Waals surface area contributed by atoms with E-state index in [1.165, 1.54) is 30.7 Å². The van der Waals surface area contributed by atoms with Crippen LogP contribution in [0.15, 0.2) is 89.8 Å². The number of nitrogens with zero attached hydrogens (tertiary/aromatic N) is 2. The molecule has 0 spiro atoms. The van der Waals surface area contributed by atoms with Gasteiger partial charge in [0.25, 0.3) is 0 Å². The maximum Gasteiger partial charge on any atom is 0.245 e. The summed E-state index contributed by atoms with van der Waals surface area (Å²) < 4.78 is 64.9. The molecule has 4 aromatic rings. The van der Waals surface area contributed by atoms with Crippen LogP contribution in [0.4, 0.5) is 20.2 Å². The van der Waals surface area contributed by atoms with Gasteiger partial charge in [-0.3, -0.25) is 0 Å². The number of fused-ring (bicyclic) bond motifs is 1. The Balaban J connectivity index is 1.59. The summed E-state index contributed by atoms with van der Waals surface area (Å²) in [7, 11) is -2.25. The summed E-state index contributed by atoms with van der Waals surface area (Å²) in [4.78, 5) is 2.21. The van der Waals surface area contributed by atoms with Crippen molar-refractivity contribution in [2.24, 2.45) is 5.92 Å². The van der Waals surface area contributed by atoms with E-state index >= 15 is 0 Å². The van der Waals surface area contributed by atoms with Crippen molar-refractivity contribution in [3.8, 4) is 22.6 Å². The molecule has 8 heteroatoms. The lowest BCUT2D eigenvalue weighted by Crippen LogP contribution is -2.46. The van der Waals surface area contributed by atoms with E-state index in [0.29, 0.717) is 34.9 Å². The Morgan fingerprint density at radius 1 is 0.810 bits per heavy atom. The molecule has 0 N–H and O–H groups in total. The molecule has 2 aliphatic rings. The molecule has 1 aliphatic heterocycles. The van der Waals surface area contributed by atoms with Crippen LogP contribution in [-0.2, 0) is 10.0 Å². The quantitative estimate of drug-likeness (QED) is 0.235. The van der Waals surface area contributed by atoms with Crippen LogP contribution in [0.5, 0.6) is 11.5 Å². The minimum absolute atomic E-state index is 0.148.